The highest BCUT2D eigenvalue weighted by Gasteiger charge is 2.20. The number of hydrogen-bond donors (Lipinski definition) is 2. The second-order valence-corrected chi connectivity index (χ2v) is 8.43. The smallest absolute Gasteiger partial charge is 0.254 e. The molecule has 2 N–H and O–H groups in total. The van der Waals surface area contributed by atoms with E-state index in [0.717, 1.165) is 18.4 Å². The maximum Gasteiger partial charge on any atom is 0.254 e. The first kappa shape index (κ1) is 27.3. The molecule has 3 aromatic carbocycles. The van der Waals surface area contributed by atoms with Gasteiger partial charge in [-0.05, 0) is 60.5 Å². The molecule has 8 heteroatoms. The van der Waals surface area contributed by atoms with Gasteiger partial charge in [0.2, 0.25) is 11.8 Å². The van der Waals surface area contributed by atoms with Gasteiger partial charge in [0.1, 0.15) is 18.0 Å². The molecule has 37 heavy (non-hydrogen) atoms. The number of benzene rings is 3. The van der Waals surface area contributed by atoms with E-state index in [1.54, 1.807) is 55.6 Å². The summed E-state index contributed by atoms with van der Waals surface area (Å²) in [5.41, 5.74) is 1.92. The summed E-state index contributed by atoms with van der Waals surface area (Å²) in [4.78, 5) is 39.7. The van der Waals surface area contributed by atoms with Gasteiger partial charge in [0.25, 0.3) is 5.91 Å². The minimum atomic E-state index is -0.436. The van der Waals surface area contributed by atoms with E-state index >= 15 is 0 Å². The number of ether oxygens (including phenoxy) is 2. The van der Waals surface area contributed by atoms with E-state index in [1.807, 2.05) is 30.3 Å². The molecule has 0 atom stereocenters. The predicted molar refractivity (Wildman–Crippen MR) is 143 cm³/mol. The van der Waals surface area contributed by atoms with E-state index in [1.165, 1.54) is 4.90 Å². The Morgan fingerprint density at radius 2 is 1.51 bits per heavy atom. The fraction of sp³-hybridized carbons (Fsp3) is 0.276. The second kappa shape index (κ2) is 14.3. The molecular weight excluding hydrogens is 470 g/mol. The highest BCUT2D eigenvalue weighted by Crippen LogP contribution is 2.16. The molecule has 0 bridgehead atoms. The second-order valence-electron chi connectivity index (χ2n) is 8.43. The first-order valence-corrected chi connectivity index (χ1v) is 12.2. The van der Waals surface area contributed by atoms with Crippen LogP contribution in [0.5, 0.6) is 11.5 Å². The summed E-state index contributed by atoms with van der Waals surface area (Å²) in [6.07, 6.45) is 2.00. The average molecular weight is 504 g/mol. The summed E-state index contributed by atoms with van der Waals surface area (Å²) in [7, 11) is 1.56. The van der Waals surface area contributed by atoms with Crippen LogP contribution in [-0.4, -0.2) is 49.4 Å². The predicted octanol–water partition coefficient (Wildman–Crippen LogP) is 4.27. The lowest BCUT2D eigenvalue weighted by molar-refractivity contribution is -0.124. The van der Waals surface area contributed by atoms with Gasteiger partial charge < -0.3 is 25.0 Å². The standard InChI is InChI=1S/C29H33N3O5/c1-3-4-18-37-26-14-10-23(11-15-26)29(35)32(20-22-8-6-5-7-9-22)21-28(34)30-19-27(33)31-24-12-16-25(36-2)17-13-24/h5-17H,3-4,18-21H2,1-2H3,(H,30,34)(H,31,33). The number of nitrogens with one attached hydrogen (secondary N) is 2. The van der Waals surface area contributed by atoms with Crippen LogP contribution in [-0.2, 0) is 16.1 Å². The van der Waals surface area contributed by atoms with Gasteiger partial charge in [-0.3, -0.25) is 14.4 Å². The van der Waals surface area contributed by atoms with Gasteiger partial charge in [-0.2, -0.15) is 0 Å². The minimum absolute atomic E-state index is 0.196. The number of anilines is 1. The van der Waals surface area contributed by atoms with Crippen molar-refractivity contribution in [2.45, 2.75) is 26.3 Å². The third-order valence-electron chi connectivity index (χ3n) is 5.53. The summed E-state index contributed by atoms with van der Waals surface area (Å²) < 4.78 is 10.8. The molecule has 0 unspecified atom stereocenters. The number of unbranched alkanes of at least 4 members (excludes halogenated alkanes) is 1. The van der Waals surface area contributed by atoms with E-state index < -0.39 is 5.91 Å². The maximum absolute atomic E-state index is 13.3. The van der Waals surface area contributed by atoms with Crippen molar-refractivity contribution in [1.82, 2.24) is 10.2 Å². The van der Waals surface area contributed by atoms with Crippen molar-refractivity contribution >= 4 is 23.4 Å². The van der Waals surface area contributed by atoms with Crippen molar-refractivity contribution in [1.29, 1.82) is 0 Å². The van der Waals surface area contributed by atoms with E-state index in [0.29, 0.717) is 29.4 Å². The molecule has 0 aliphatic carbocycles. The number of carbonyl (C=O) groups excluding carboxylic acids is 3. The Kier molecular flexibility index (Phi) is 10.5. The first-order chi connectivity index (χ1) is 18.0. The van der Waals surface area contributed by atoms with Crippen LogP contribution in [0.4, 0.5) is 5.69 Å². The van der Waals surface area contributed by atoms with Gasteiger partial charge in [0, 0.05) is 17.8 Å². The van der Waals surface area contributed by atoms with Crippen LogP contribution in [0, 0.1) is 0 Å². The lowest BCUT2D eigenvalue weighted by Crippen LogP contribution is -2.42. The zero-order valence-corrected chi connectivity index (χ0v) is 21.2. The molecule has 0 aliphatic heterocycles. The monoisotopic (exact) mass is 503 g/mol. The Morgan fingerprint density at radius 1 is 0.838 bits per heavy atom. The molecule has 3 amide bonds. The fourth-order valence-electron chi connectivity index (χ4n) is 3.50. The summed E-state index contributed by atoms with van der Waals surface area (Å²) >= 11 is 0. The summed E-state index contributed by atoms with van der Waals surface area (Å²) in [5.74, 6) is 0.266. The molecule has 194 valence electrons. The van der Waals surface area contributed by atoms with Crippen LogP contribution in [0.2, 0.25) is 0 Å². The Morgan fingerprint density at radius 3 is 2.16 bits per heavy atom. The van der Waals surface area contributed by atoms with Crippen LogP contribution in [0.15, 0.2) is 78.9 Å². The number of amides is 3. The molecule has 0 saturated heterocycles. The Labute approximate surface area is 217 Å². The van der Waals surface area contributed by atoms with E-state index in [2.05, 4.69) is 17.6 Å². The van der Waals surface area contributed by atoms with Gasteiger partial charge >= 0.3 is 0 Å². The summed E-state index contributed by atoms with van der Waals surface area (Å²) in [6, 6.07) is 23.2. The quantitative estimate of drug-likeness (QED) is 0.340. The van der Waals surface area contributed by atoms with Gasteiger partial charge in [0.05, 0.1) is 20.3 Å². The number of carbonyl (C=O) groups is 3. The third kappa shape index (κ3) is 9.00. The van der Waals surface area contributed by atoms with Crippen molar-refractivity contribution in [3.63, 3.8) is 0 Å². The number of nitrogens with zero attached hydrogens (tertiary/aromatic N) is 1. The van der Waals surface area contributed by atoms with Crippen LogP contribution >= 0.6 is 0 Å². The molecule has 3 rings (SSSR count). The van der Waals surface area contributed by atoms with Gasteiger partial charge in [-0.15, -0.1) is 0 Å². The minimum Gasteiger partial charge on any atom is -0.497 e. The fourth-order valence-corrected chi connectivity index (χ4v) is 3.50. The van der Waals surface area contributed by atoms with E-state index in [4.69, 9.17) is 9.47 Å². The van der Waals surface area contributed by atoms with Crippen LogP contribution < -0.4 is 20.1 Å². The number of rotatable bonds is 13. The summed E-state index contributed by atoms with van der Waals surface area (Å²) in [6.45, 7) is 2.55. The molecule has 0 aliphatic rings. The van der Waals surface area contributed by atoms with Crippen LogP contribution in [0.3, 0.4) is 0 Å². The van der Waals surface area contributed by atoms with Crippen molar-refractivity contribution in [2.75, 3.05) is 32.1 Å². The zero-order chi connectivity index (χ0) is 26.5. The summed E-state index contributed by atoms with van der Waals surface area (Å²) in [5, 5.41) is 5.31. The molecule has 0 aromatic heterocycles. The molecule has 8 nitrogen and oxygen atoms in total. The van der Waals surface area contributed by atoms with Crippen molar-refractivity contribution in [3.8, 4) is 11.5 Å². The van der Waals surface area contributed by atoms with Crippen molar-refractivity contribution < 1.29 is 23.9 Å². The van der Waals surface area contributed by atoms with Gasteiger partial charge in [-0.25, -0.2) is 0 Å². The van der Waals surface area contributed by atoms with Crippen molar-refractivity contribution in [2.24, 2.45) is 0 Å². The van der Waals surface area contributed by atoms with Crippen LogP contribution in [0.25, 0.3) is 0 Å². The molecular formula is C29H33N3O5. The highest BCUT2D eigenvalue weighted by molar-refractivity contribution is 5.98. The Balaban J connectivity index is 1.60. The maximum atomic E-state index is 13.3. The average Bonchev–Trinajstić information content (AvgIpc) is 2.93. The zero-order valence-electron chi connectivity index (χ0n) is 21.2. The normalized spacial score (nSPS) is 10.3. The third-order valence-corrected chi connectivity index (χ3v) is 5.53. The lowest BCUT2D eigenvalue weighted by Gasteiger charge is -2.22. The number of methoxy groups -OCH3 is 1. The van der Waals surface area contributed by atoms with Crippen LogP contribution in [0.1, 0.15) is 35.7 Å². The SMILES string of the molecule is CCCCOc1ccc(C(=O)N(CC(=O)NCC(=O)Nc2ccc(OC)cc2)Cc2ccccc2)cc1. The van der Waals surface area contributed by atoms with E-state index in [-0.39, 0.29) is 31.4 Å². The molecule has 0 saturated carbocycles. The molecule has 0 heterocycles. The van der Waals surface area contributed by atoms with Crippen molar-refractivity contribution in [3.05, 3.63) is 90.0 Å². The first-order valence-electron chi connectivity index (χ1n) is 12.2. The lowest BCUT2D eigenvalue weighted by atomic mass is 10.1. The highest BCUT2D eigenvalue weighted by atomic mass is 16.5. The molecule has 3 aromatic rings. The topological polar surface area (TPSA) is 97.0 Å². The largest absolute Gasteiger partial charge is 0.497 e. The molecule has 0 fully saturated rings. The molecule has 0 radical (unpaired) electrons. The van der Waals surface area contributed by atoms with Gasteiger partial charge in [0.15, 0.2) is 0 Å². The molecule has 0 spiro atoms. The Hall–Kier alpha value is -4.33. The van der Waals surface area contributed by atoms with E-state index in [9.17, 15) is 14.4 Å². The van der Waals surface area contributed by atoms with Gasteiger partial charge in [-0.1, -0.05) is 43.7 Å². The Bertz CT molecular complexity index is 1150. The number of hydrogen-bond acceptors (Lipinski definition) is 5.